The van der Waals surface area contributed by atoms with Crippen LogP contribution in [-0.4, -0.2) is 70.7 Å². The van der Waals surface area contributed by atoms with Crippen molar-refractivity contribution in [2.24, 2.45) is 11.1 Å². The SMILES string of the molecule is COc1cc(O)cc(C2=CN(C)C(=C=O)C(C(=O)Nc3cccc(Sc4ncc(N5CCC(C)(CN)CC5)nc4N)c3Cl)=C2O)c1. The van der Waals surface area contributed by atoms with Crippen LogP contribution in [0, 0.1) is 5.41 Å². The quantitative estimate of drug-likeness (QED) is 0.212. The number of hydrogen-bond donors (Lipinski definition) is 5. The third kappa shape index (κ3) is 6.63. The largest absolute Gasteiger partial charge is 0.508 e. The van der Waals surface area contributed by atoms with Crippen LogP contribution in [-0.2, 0) is 9.59 Å². The van der Waals surface area contributed by atoms with Gasteiger partial charge in [-0.2, -0.15) is 0 Å². The Balaban J connectivity index is 1.38. The summed E-state index contributed by atoms with van der Waals surface area (Å²) in [5, 5.41) is 24.7. The lowest BCUT2D eigenvalue weighted by molar-refractivity contribution is -0.112. The molecule has 1 fully saturated rings. The molecule has 12 nitrogen and oxygen atoms in total. The number of nitrogens with two attached hydrogens (primary N) is 2. The van der Waals surface area contributed by atoms with E-state index in [-0.39, 0.29) is 44.5 Å². The van der Waals surface area contributed by atoms with Crippen LogP contribution >= 0.6 is 23.4 Å². The van der Waals surface area contributed by atoms with E-state index in [0.29, 0.717) is 33.6 Å². The summed E-state index contributed by atoms with van der Waals surface area (Å²) in [5.74, 6) is 1.57. The lowest BCUT2D eigenvalue weighted by atomic mass is 9.80. The number of likely N-dealkylation sites (N-methyl/N-ethyl adjacent to an activating group) is 1. The van der Waals surface area contributed by atoms with Crippen molar-refractivity contribution < 1.29 is 24.5 Å². The van der Waals surface area contributed by atoms with Gasteiger partial charge in [-0.1, -0.05) is 36.4 Å². The minimum Gasteiger partial charge on any atom is -0.508 e. The molecule has 3 aromatic rings. The number of hydrogen-bond acceptors (Lipinski definition) is 12. The molecule has 1 saturated heterocycles. The normalized spacial score (nSPS) is 16.2. The molecule has 3 heterocycles. The Bertz CT molecular complexity index is 1800. The summed E-state index contributed by atoms with van der Waals surface area (Å²) < 4.78 is 5.22. The number of aliphatic hydroxyl groups excluding tert-OH is 1. The van der Waals surface area contributed by atoms with Crippen LogP contribution in [0.4, 0.5) is 17.3 Å². The van der Waals surface area contributed by atoms with Crippen LogP contribution < -0.4 is 26.4 Å². The highest BCUT2D eigenvalue weighted by Gasteiger charge is 2.32. The number of ether oxygens (including phenoxy) is 1. The monoisotopic (exact) mass is 663 g/mol. The molecule has 0 aliphatic carbocycles. The number of carbonyl (C=O) groups excluding carboxylic acids is 2. The molecule has 240 valence electrons. The van der Waals surface area contributed by atoms with Gasteiger partial charge < -0.3 is 41.5 Å². The van der Waals surface area contributed by atoms with Gasteiger partial charge in [0.1, 0.15) is 39.4 Å². The van der Waals surface area contributed by atoms with Crippen LogP contribution in [0.25, 0.3) is 5.57 Å². The molecule has 0 unspecified atom stereocenters. The van der Waals surface area contributed by atoms with E-state index < -0.39 is 11.7 Å². The van der Waals surface area contributed by atoms with E-state index >= 15 is 0 Å². The van der Waals surface area contributed by atoms with Gasteiger partial charge in [-0.05, 0) is 54.6 Å². The summed E-state index contributed by atoms with van der Waals surface area (Å²) >= 11 is 7.92. The van der Waals surface area contributed by atoms with Crippen LogP contribution in [0.1, 0.15) is 25.3 Å². The molecular formula is C32H34ClN7O5S. The van der Waals surface area contributed by atoms with Crippen LogP contribution in [0.5, 0.6) is 11.5 Å². The Labute approximate surface area is 275 Å². The second-order valence-corrected chi connectivity index (χ2v) is 12.8. The highest BCUT2D eigenvalue weighted by atomic mass is 35.5. The summed E-state index contributed by atoms with van der Waals surface area (Å²) in [6.07, 6.45) is 5.03. The number of nitrogen functional groups attached to an aromatic ring is 1. The van der Waals surface area contributed by atoms with Crippen molar-refractivity contribution in [3.8, 4) is 11.5 Å². The molecule has 0 saturated carbocycles. The van der Waals surface area contributed by atoms with Gasteiger partial charge in [0.15, 0.2) is 11.8 Å². The van der Waals surface area contributed by atoms with Crippen molar-refractivity contribution in [2.75, 3.05) is 49.7 Å². The molecule has 7 N–H and O–H groups in total. The number of phenols is 1. The van der Waals surface area contributed by atoms with Crippen molar-refractivity contribution >= 4 is 58.1 Å². The third-order valence-electron chi connectivity index (χ3n) is 8.12. The fourth-order valence-corrected chi connectivity index (χ4v) is 6.32. The minimum atomic E-state index is -0.805. The number of nitrogens with one attached hydrogen (secondary N) is 1. The van der Waals surface area contributed by atoms with Crippen LogP contribution in [0.2, 0.25) is 5.02 Å². The fourth-order valence-electron chi connectivity index (χ4n) is 5.22. The Hall–Kier alpha value is -4.68. The van der Waals surface area contributed by atoms with E-state index in [4.69, 9.17) is 27.8 Å². The first-order valence-corrected chi connectivity index (χ1v) is 15.5. The summed E-state index contributed by atoms with van der Waals surface area (Å²) in [5.41, 5.74) is 12.6. The van der Waals surface area contributed by atoms with Crippen molar-refractivity contribution in [1.29, 1.82) is 0 Å². The Kier molecular flexibility index (Phi) is 9.50. The van der Waals surface area contributed by atoms with Crippen molar-refractivity contribution in [3.63, 3.8) is 0 Å². The van der Waals surface area contributed by atoms with E-state index in [1.165, 1.54) is 49.2 Å². The zero-order valence-electron chi connectivity index (χ0n) is 25.5. The van der Waals surface area contributed by atoms with E-state index in [0.717, 1.165) is 25.9 Å². The number of anilines is 3. The number of rotatable bonds is 8. The van der Waals surface area contributed by atoms with Gasteiger partial charge in [0.05, 0.1) is 24.0 Å². The maximum absolute atomic E-state index is 13.6. The Morgan fingerprint density at radius 1 is 1.24 bits per heavy atom. The molecule has 0 atom stereocenters. The van der Waals surface area contributed by atoms with Crippen molar-refractivity contribution in [1.82, 2.24) is 14.9 Å². The van der Waals surface area contributed by atoms with Gasteiger partial charge in [-0.3, -0.25) is 4.79 Å². The first kappa shape index (κ1) is 32.7. The summed E-state index contributed by atoms with van der Waals surface area (Å²) in [4.78, 5) is 38.7. The predicted octanol–water partition coefficient (Wildman–Crippen LogP) is 4.60. The number of piperidine rings is 1. The number of aromatic hydroxyl groups is 1. The first-order chi connectivity index (χ1) is 22.0. The molecule has 2 aliphatic heterocycles. The van der Waals surface area contributed by atoms with Gasteiger partial charge >= 0.3 is 0 Å². The van der Waals surface area contributed by atoms with Gasteiger partial charge in [0.2, 0.25) is 0 Å². The Morgan fingerprint density at radius 2 is 1.98 bits per heavy atom. The molecule has 0 spiro atoms. The van der Waals surface area contributed by atoms with E-state index in [1.54, 1.807) is 36.4 Å². The van der Waals surface area contributed by atoms with Crippen molar-refractivity contribution in [3.05, 3.63) is 76.4 Å². The standard InChI is InChI=1S/C32H34ClN7O5S/c1-32(17-34)7-9-40(10-8-32)25-14-36-31(29(35)38-25)46-24-6-4-5-22(27(24)33)37-30(44)26-23(16-41)39(2)15-21(28(26)43)18-11-19(42)13-20(12-18)45-3/h4-6,11-15,42-43H,7-10,17,34H2,1-3H3,(H2,35,38)(H,37,44). The van der Waals surface area contributed by atoms with E-state index in [9.17, 15) is 19.8 Å². The number of allylic oxidation sites excluding steroid dienone is 1. The van der Waals surface area contributed by atoms with Crippen LogP contribution in [0.15, 0.2) is 75.7 Å². The summed E-state index contributed by atoms with van der Waals surface area (Å²) in [7, 11) is 2.96. The van der Waals surface area contributed by atoms with Gasteiger partial charge in [0, 0.05) is 42.9 Å². The highest BCUT2D eigenvalue weighted by molar-refractivity contribution is 7.99. The maximum atomic E-state index is 13.6. The average molecular weight is 664 g/mol. The molecule has 5 rings (SSSR count). The van der Waals surface area contributed by atoms with Gasteiger partial charge in [-0.15, -0.1) is 0 Å². The lowest BCUT2D eigenvalue weighted by Gasteiger charge is -2.39. The zero-order chi connectivity index (χ0) is 33.2. The second kappa shape index (κ2) is 13.4. The summed E-state index contributed by atoms with van der Waals surface area (Å²) in [6, 6.07) is 9.38. The van der Waals surface area contributed by atoms with Gasteiger partial charge in [0.25, 0.3) is 5.91 Å². The molecule has 2 aliphatic rings. The zero-order valence-corrected chi connectivity index (χ0v) is 27.1. The smallest absolute Gasteiger partial charge is 0.262 e. The average Bonchev–Trinajstić information content (AvgIpc) is 3.04. The Morgan fingerprint density at radius 3 is 2.63 bits per heavy atom. The number of carbonyl (C=O) groups is 1. The molecule has 1 aromatic heterocycles. The first-order valence-electron chi connectivity index (χ1n) is 14.3. The number of phenolic OH excluding ortho intramolecular Hbond substituents is 1. The van der Waals surface area contributed by atoms with Crippen LogP contribution in [0.3, 0.4) is 0 Å². The number of amides is 1. The number of methoxy groups -OCH3 is 1. The summed E-state index contributed by atoms with van der Waals surface area (Å²) in [6.45, 7) is 4.45. The van der Waals surface area contributed by atoms with E-state index in [1.807, 2.05) is 0 Å². The topological polar surface area (TPSA) is 180 Å². The molecular weight excluding hydrogens is 630 g/mol. The minimum absolute atomic E-state index is 0.115. The molecule has 2 aromatic carbocycles. The second-order valence-electron chi connectivity index (χ2n) is 11.3. The third-order valence-corrected chi connectivity index (χ3v) is 9.71. The molecule has 0 bridgehead atoms. The molecule has 0 radical (unpaired) electrons. The highest BCUT2D eigenvalue weighted by Crippen LogP contribution is 2.40. The molecule has 46 heavy (non-hydrogen) atoms. The number of halogens is 1. The van der Waals surface area contributed by atoms with E-state index in [2.05, 4.69) is 27.1 Å². The maximum Gasteiger partial charge on any atom is 0.262 e. The predicted molar refractivity (Wildman–Crippen MR) is 179 cm³/mol. The van der Waals surface area contributed by atoms with Crippen molar-refractivity contribution in [2.45, 2.75) is 29.7 Å². The lowest BCUT2D eigenvalue weighted by Crippen LogP contribution is -2.42. The number of benzene rings is 2. The number of aliphatic hydroxyl groups is 1. The number of aromatic nitrogens is 2. The molecule has 14 heteroatoms. The molecule has 1 amide bonds. The number of nitrogens with zero attached hydrogens (tertiary/aromatic N) is 4. The van der Waals surface area contributed by atoms with Gasteiger partial charge in [-0.25, -0.2) is 14.8 Å². The fraction of sp³-hybridized carbons (Fsp3) is 0.281.